The van der Waals surface area contributed by atoms with Crippen molar-refractivity contribution in [2.45, 2.75) is 32.4 Å². The van der Waals surface area contributed by atoms with Crippen molar-refractivity contribution in [3.63, 3.8) is 0 Å². The van der Waals surface area contributed by atoms with Gasteiger partial charge in [0.1, 0.15) is 6.61 Å². The molecule has 150 valence electrons. The summed E-state index contributed by atoms with van der Waals surface area (Å²) in [5, 5.41) is 2.82. The van der Waals surface area contributed by atoms with E-state index in [2.05, 4.69) is 53.8 Å². The maximum Gasteiger partial charge on any atom is 0.407 e. The van der Waals surface area contributed by atoms with E-state index in [0.717, 1.165) is 30.4 Å². The highest BCUT2D eigenvalue weighted by molar-refractivity contribution is 5.67. The van der Waals surface area contributed by atoms with E-state index in [0.29, 0.717) is 19.7 Å². The van der Waals surface area contributed by atoms with Gasteiger partial charge in [-0.3, -0.25) is 0 Å². The van der Waals surface area contributed by atoms with Crippen molar-refractivity contribution < 1.29 is 9.53 Å². The molecule has 0 atom stereocenters. The summed E-state index contributed by atoms with van der Waals surface area (Å²) in [6.45, 7) is 1.48. The molecule has 0 saturated heterocycles. The Kier molecular flexibility index (Phi) is 7.84. The Morgan fingerprint density at radius 1 is 0.793 bits per heavy atom. The molecule has 3 N–H and O–H groups in total. The zero-order valence-electron chi connectivity index (χ0n) is 16.6. The first-order chi connectivity index (χ1) is 14.2. The second-order valence-corrected chi connectivity index (χ2v) is 7.05. The highest BCUT2D eigenvalue weighted by atomic mass is 16.5. The van der Waals surface area contributed by atoms with Gasteiger partial charge in [-0.2, -0.15) is 0 Å². The second-order valence-electron chi connectivity index (χ2n) is 7.05. The molecule has 1 amide bonds. The van der Waals surface area contributed by atoms with Crippen molar-refractivity contribution >= 4 is 6.09 Å². The average Bonchev–Trinajstić information content (AvgIpc) is 2.78. The maximum atomic E-state index is 11.8. The average molecular weight is 389 g/mol. The summed E-state index contributed by atoms with van der Waals surface area (Å²) < 4.78 is 5.22. The molecule has 4 nitrogen and oxygen atoms in total. The standard InChI is InChI=1S/C25H28N2O2/c26-18-21-12-14-23(15-13-21)24-11-6-10-20(17-24)7-4-5-16-27-25(28)29-19-22-8-2-1-3-9-22/h1-3,6,8-15,17H,4-5,7,16,18-19,26H2,(H,27,28). The fraction of sp³-hybridized carbons (Fsp3) is 0.240. The fourth-order valence-corrected chi connectivity index (χ4v) is 3.16. The number of carbonyl (C=O) groups is 1. The molecule has 3 aromatic carbocycles. The lowest BCUT2D eigenvalue weighted by Gasteiger charge is -2.08. The molecule has 4 heteroatoms. The number of unbranched alkanes of at least 4 members (excludes halogenated alkanes) is 1. The summed E-state index contributed by atoms with van der Waals surface area (Å²) in [4.78, 5) is 11.8. The number of ether oxygens (including phenoxy) is 1. The van der Waals surface area contributed by atoms with E-state index in [-0.39, 0.29) is 6.09 Å². The summed E-state index contributed by atoms with van der Waals surface area (Å²) in [7, 11) is 0. The zero-order valence-corrected chi connectivity index (χ0v) is 16.6. The van der Waals surface area contributed by atoms with Crippen molar-refractivity contribution in [2.75, 3.05) is 6.54 Å². The van der Waals surface area contributed by atoms with Gasteiger partial charge in [0.05, 0.1) is 0 Å². The number of hydrogen-bond donors (Lipinski definition) is 2. The molecule has 0 radical (unpaired) electrons. The van der Waals surface area contributed by atoms with Crippen LogP contribution in [-0.4, -0.2) is 12.6 Å². The summed E-state index contributed by atoms with van der Waals surface area (Å²) in [6, 6.07) is 26.7. The fourth-order valence-electron chi connectivity index (χ4n) is 3.16. The first-order valence-corrected chi connectivity index (χ1v) is 10.1. The van der Waals surface area contributed by atoms with Crippen LogP contribution in [0.4, 0.5) is 4.79 Å². The molecule has 0 spiro atoms. The van der Waals surface area contributed by atoms with Crippen LogP contribution in [0.15, 0.2) is 78.9 Å². The first-order valence-electron chi connectivity index (χ1n) is 10.1. The molecule has 0 aliphatic heterocycles. The second kappa shape index (κ2) is 11.0. The monoisotopic (exact) mass is 388 g/mol. The van der Waals surface area contributed by atoms with Crippen LogP contribution in [0.3, 0.4) is 0 Å². The van der Waals surface area contributed by atoms with Gasteiger partial charge < -0.3 is 15.8 Å². The smallest absolute Gasteiger partial charge is 0.407 e. The molecule has 0 aromatic heterocycles. The number of benzene rings is 3. The quantitative estimate of drug-likeness (QED) is 0.504. The van der Waals surface area contributed by atoms with Crippen LogP contribution in [0.25, 0.3) is 11.1 Å². The van der Waals surface area contributed by atoms with Gasteiger partial charge >= 0.3 is 6.09 Å². The van der Waals surface area contributed by atoms with E-state index in [1.165, 1.54) is 16.7 Å². The molecular formula is C25H28N2O2. The third kappa shape index (κ3) is 6.77. The lowest BCUT2D eigenvalue weighted by molar-refractivity contribution is 0.139. The van der Waals surface area contributed by atoms with Crippen LogP contribution in [0.1, 0.15) is 29.5 Å². The summed E-state index contributed by atoms with van der Waals surface area (Å²) in [5.74, 6) is 0. The predicted molar refractivity (Wildman–Crippen MR) is 117 cm³/mol. The zero-order chi connectivity index (χ0) is 20.3. The third-order valence-corrected chi connectivity index (χ3v) is 4.82. The number of alkyl carbamates (subject to hydrolysis) is 1. The normalized spacial score (nSPS) is 10.5. The summed E-state index contributed by atoms with van der Waals surface area (Å²) in [6.07, 6.45) is 2.54. The van der Waals surface area contributed by atoms with E-state index in [1.54, 1.807) is 0 Å². The Hall–Kier alpha value is -3.11. The van der Waals surface area contributed by atoms with E-state index < -0.39 is 0 Å². The Bertz CT molecular complexity index is 892. The SMILES string of the molecule is NCc1ccc(-c2cccc(CCCCNC(=O)OCc3ccccc3)c2)cc1. The first kappa shape index (κ1) is 20.6. The number of amides is 1. The van der Waals surface area contributed by atoms with Crippen LogP contribution in [-0.2, 0) is 24.3 Å². The molecule has 3 rings (SSSR count). The molecule has 0 heterocycles. The number of rotatable bonds is 9. The lowest BCUT2D eigenvalue weighted by atomic mass is 9.99. The topological polar surface area (TPSA) is 64.3 Å². The highest BCUT2D eigenvalue weighted by Gasteiger charge is 2.03. The van der Waals surface area contributed by atoms with Crippen molar-refractivity contribution in [3.8, 4) is 11.1 Å². The van der Waals surface area contributed by atoms with Gasteiger partial charge in [-0.1, -0.05) is 78.9 Å². The van der Waals surface area contributed by atoms with Crippen molar-refractivity contribution in [1.82, 2.24) is 5.32 Å². The third-order valence-electron chi connectivity index (χ3n) is 4.82. The van der Waals surface area contributed by atoms with Crippen molar-refractivity contribution in [2.24, 2.45) is 5.73 Å². The van der Waals surface area contributed by atoms with Gasteiger partial charge in [0, 0.05) is 13.1 Å². The number of nitrogens with two attached hydrogens (primary N) is 1. The van der Waals surface area contributed by atoms with E-state index in [4.69, 9.17) is 10.5 Å². The number of nitrogens with one attached hydrogen (secondary N) is 1. The minimum atomic E-state index is -0.364. The van der Waals surface area contributed by atoms with Crippen LogP contribution >= 0.6 is 0 Å². The van der Waals surface area contributed by atoms with Gasteiger partial charge in [-0.05, 0) is 47.1 Å². The van der Waals surface area contributed by atoms with E-state index in [1.807, 2.05) is 30.3 Å². The van der Waals surface area contributed by atoms with Gasteiger partial charge in [-0.25, -0.2) is 4.79 Å². The molecule has 29 heavy (non-hydrogen) atoms. The van der Waals surface area contributed by atoms with Gasteiger partial charge in [-0.15, -0.1) is 0 Å². The highest BCUT2D eigenvalue weighted by Crippen LogP contribution is 2.21. The van der Waals surface area contributed by atoms with Crippen molar-refractivity contribution in [3.05, 3.63) is 95.6 Å². The largest absolute Gasteiger partial charge is 0.445 e. The molecular weight excluding hydrogens is 360 g/mol. The van der Waals surface area contributed by atoms with E-state index >= 15 is 0 Å². The Labute approximate surface area is 172 Å². The summed E-state index contributed by atoms with van der Waals surface area (Å²) >= 11 is 0. The van der Waals surface area contributed by atoms with Crippen LogP contribution in [0.5, 0.6) is 0 Å². The predicted octanol–water partition coefficient (Wildman–Crippen LogP) is 5.06. The van der Waals surface area contributed by atoms with Gasteiger partial charge in [0.2, 0.25) is 0 Å². The van der Waals surface area contributed by atoms with Crippen LogP contribution in [0.2, 0.25) is 0 Å². The Morgan fingerprint density at radius 3 is 2.31 bits per heavy atom. The number of hydrogen-bond acceptors (Lipinski definition) is 3. The van der Waals surface area contributed by atoms with Gasteiger partial charge in [0.25, 0.3) is 0 Å². The van der Waals surface area contributed by atoms with Gasteiger partial charge in [0.15, 0.2) is 0 Å². The molecule has 0 aliphatic carbocycles. The van der Waals surface area contributed by atoms with Crippen molar-refractivity contribution in [1.29, 1.82) is 0 Å². The van der Waals surface area contributed by atoms with E-state index in [9.17, 15) is 4.79 Å². The molecule has 0 saturated carbocycles. The minimum absolute atomic E-state index is 0.297. The number of aryl methyl sites for hydroxylation is 1. The molecule has 0 bridgehead atoms. The van der Waals surface area contributed by atoms with Crippen LogP contribution in [0, 0.1) is 0 Å². The Morgan fingerprint density at radius 2 is 1.55 bits per heavy atom. The molecule has 0 fully saturated rings. The summed E-state index contributed by atoms with van der Waals surface area (Å²) in [5.41, 5.74) is 11.5. The maximum absolute atomic E-state index is 11.8. The Balaban J connectivity index is 1.37. The molecule has 3 aromatic rings. The molecule has 0 aliphatic rings. The minimum Gasteiger partial charge on any atom is -0.445 e. The molecule has 0 unspecified atom stereocenters. The lowest BCUT2D eigenvalue weighted by Crippen LogP contribution is -2.25. The van der Waals surface area contributed by atoms with Crippen LogP contribution < -0.4 is 11.1 Å². The number of carbonyl (C=O) groups excluding carboxylic acids is 1.